The first-order chi connectivity index (χ1) is 6.14. The molecule has 0 bridgehead atoms. The number of carbonyl (C=O) groups excluding carboxylic acids is 1. The molecule has 0 saturated carbocycles. The lowest BCUT2D eigenvalue weighted by Crippen LogP contribution is -2.41. The van der Waals surface area contributed by atoms with E-state index >= 15 is 0 Å². The van der Waals surface area contributed by atoms with Gasteiger partial charge in [-0.1, -0.05) is 13.8 Å². The molecular formula is C10H18O3. The third-order valence-electron chi connectivity index (χ3n) is 2.93. The molecule has 0 radical (unpaired) electrons. The minimum Gasteiger partial charge on any atom is -0.382 e. The number of ether oxygens (including phenoxy) is 1. The van der Waals surface area contributed by atoms with Crippen LogP contribution in [0.1, 0.15) is 33.1 Å². The third kappa shape index (κ3) is 2.09. The summed E-state index contributed by atoms with van der Waals surface area (Å²) in [6.45, 7) is 4.83. The Bertz CT molecular complexity index is 179. The van der Waals surface area contributed by atoms with Crippen molar-refractivity contribution >= 4 is 5.78 Å². The van der Waals surface area contributed by atoms with Crippen LogP contribution in [0.4, 0.5) is 0 Å². The first-order valence-corrected chi connectivity index (χ1v) is 4.98. The van der Waals surface area contributed by atoms with E-state index in [-0.39, 0.29) is 11.7 Å². The van der Waals surface area contributed by atoms with E-state index in [0.29, 0.717) is 26.1 Å². The summed E-state index contributed by atoms with van der Waals surface area (Å²) in [5.74, 6) is -0.111. The number of hydrogen-bond donors (Lipinski definition) is 1. The second kappa shape index (κ2) is 4.20. The maximum atomic E-state index is 11.8. The Kier molecular flexibility index (Phi) is 3.45. The van der Waals surface area contributed by atoms with Crippen molar-refractivity contribution in [2.24, 2.45) is 5.92 Å². The molecule has 3 heteroatoms. The molecule has 1 aliphatic rings. The van der Waals surface area contributed by atoms with Gasteiger partial charge in [-0.2, -0.15) is 0 Å². The fraction of sp³-hybridized carbons (Fsp3) is 0.900. The normalized spacial score (nSPS) is 23.5. The summed E-state index contributed by atoms with van der Waals surface area (Å²) in [5, 5.41) is 9.95. The van der Waals surface area contributed by atoms with Gasteiger partial charge in [0.1, 0.15) is 5.60 Å². The second-order valence-corrected chi connectivity index (χ2v) is 3.66. The van der Waals surface area contributed by atoms with Gasteiger partial charge in [0.05, 0.1) is 6.61 Å². The van der Waals surface area contributed by atoms with Crippen LogP contribution in [0.3, 0.4) is 0 Å². The maximum absolute atomic E-state index is 11.8. The average Bonchev–Trinajstić information content (AvgIpc) is 2.68. The van der Waals surface area contributed by atoms with Crippen LogP contribution in [0, 0.1) is 5.92 Å². The van der Waals surface area contributed by atoms with E-state index in [1.807, 2.05) is 13.8 Å². The molecule has 0 spiro atoms. The summed E-state index contributed by atoms with van der Waals surface area (Å²) in [6.07, 6.45) is 1.76. The van der Waals surface area contributed by atoms with E-state index in [4.69, 9.17) is 4.74 Å². The van der Waals surface area contributed by atoms with E-state index in [1.54, 1.807) is 0 Å². The lowest BCUT2D eigenvalue weighted by atomic mass is 9.84. The predicted octanol–water partition coefficient (Wildman–Crippen LogP) is 1.14. The topological polar surface area (TPSA) is 46.5 Å². The van der Waals surface area contributed by atoms with Gasteiger partial charge in [0, 0.05) is 12.5 Å². The number of ketones is 1. The molecular weight excluding hydrogens is 168 g/mol. The quantitative estimate of drug-likeness (QED) is 0.716. The Morgan fingerprint density at radius 3 is 2.54 bits per heavy atom. The van der Waals surface area contributed by atoms with E-state index in [2.05, 4.69) is 0 Å². The Hall–Kier alpha value is -0.410. The summed E-state index contributed by atoms with van der Waals surface area (Å²) in [4.78, 5) is 11.8. The Labute approximate surface area is 79.1 Å². The van der Waals surface area contributed by atoms with E-state index in [9.17, 15) is 9.90 Å². The minimum absolute atomic E-state index is 0.0324. The van der Waals surface area contributed by atoms with Gasteiger partial charge in [0.2, 0.25) is 0 Å². The van der Waals surface area contributed by atoms with Crippen LogP contribution < -0.4 is 0 Å². The van der Waals surface area contributed by atoms with Crippen molar-refractivity contribution < 1.29 is 14.6 Å². The van der Waals surface area contributed by atoms with Gasteiger partial charge in [-0.05, 0) is 19.3 Å². The molecule has 0 aromatic carbocycles. The number of Topliss-reactive ketones (excluding diaryl/α,β-unsaturated/α-hetero) is 1. The highest BCUT2D eigenvalue weighted by Crippen LogP contribution is 2.25. The van der Waals surface area contributed by atoms with Crippen LogP contribution in [0.5, 0.6) is 0 Å². The van der Waals surface area contributed by atoms with Gasteiger partial charge in [-0.25, -0.2) is 0 Å². The van der Waals surface area contributed by atoms with Crippen molar-refractivity contribution in [3.63, 3.8) is 0 Å². The van der Waals surface area contributed by atoms with Crippen molar-refractivity contribution in [2.45, 2.75) is 38.7 Å². The van der Waals surface area contributed by atoms with Crippen molar-refractivity contribution in [2.75, 3.05) is 13.2 Å². The van der Waals surface area contributed by atoms with Crippen molar-refractivity contribution in [3.05, 3.63) is 0 Å². The van der Waals surface area contributed by atoms with Gasteiger partial charge >= 0.3 is 0 Å². The predicted molar refractivity (Wildman–Crippen MR) is 49.5 cm³/mol. The molecule has 0 amide bonds. The molecule has 1 N–H and O–H groups in total. The van der Waals surface area contributed by atoms with Gasteiger partial charge in [0.25, 0.3) is 0 Å². The van der Waals surface area contributed by atoms with Crippen molar-refractivity contribution in [1.82, 2.24) is 0 Å². The molecule has 3 nitrogen and oxygen atoms in total. The number of rotatable bonds is 4. The molecule has 0 aromatic rings. The molecule has 1 atom stereocenters. The van der Waals surface area contributed by atoms with Gasteiger partial charge < -0.3 is 9.84 Å². The van der Waals surface area contributed by atoms with Crippen molar-refractivity contribution in [1.29, 1.82) is 0 Å². The van der Waals surface area contributed by atoms with Crippen LogP contribution in [0.15, 0.2) is 0 Å². The fourth-order valence-corrected chi connectivity index (χ4v) is 1.72. The summed E-state index contributed by atoms with van der Waals surface area (Å²) in [5.41, 5.74) is -1.11. The Balaban J connectivity index is 2.63. The molecule has 1 unspecified atom stereocenters. The van der Waals surface area contributed by atoms with Gasteiger partial charge in [-0.15, -0.1) is 0 Å². The number of carbonyl (C=O) groups is 1. The second-order valence-electron chi connectivity index (χ2n) is 3.66. The molecule has 13 heavy (non-hydrogen) atoms. The smallest absolute Gasteiger partial charge is 0.169 e. The molecule has 0 aliphatic carbocycles. The largest absolute Gasteiger partial charge is 0.382 e. The molecule has 76 valence electrons. The zero-order chi connectivity index (χ0) is 9.90. The highest BCUT2D eigenvalue weighted by Gasteiger charge is 2.38. The molecule has 0 aromatic heterocycles. The molecule has 1 rings (SSSR count). The molecule has 1 fully saturated rings. The average molecular weight is 186 g/mol. The van der Waals surface area contributed by atoms with Crippen LogP contribution in [-0.2, 0) is 9.53 Å². The number of hydrogen-bond acceptors (Lipinski definition) is 3. The van der Waals surface area contributed by atoms with Crippen molar-refractivity contribution in [3.8, 4) is 0 Å². The Morgan fingerprint density at radius 1 is 1.54 bits per heavy atom. The SMILES string of the molecule is CCC(O)(CC)C(=O)C1CCOC1. The fourth-order valence-electron chi connectivity index (χ4n) is 1.72. The van der Waals surface area contributed by atoms with Crippen LogP contribution in [0.2, 0.25) is 0 Å². The van der Waals surface area contributed by atoms with E-state index in [1.165, 1.54) is 0 Å². The summed E-state index contributed by atoms with van der Waals surface area (Å²) in [7, 11) is 0. The highest BCUT2D eigenvalue weighted by atomic mass is 16.5. The van der Waals surface area contributed by atoms with Crippen LogP contribution in [-0.4, -0.2) is 29.7 Å². The molecule has 1 heterocycles. The highest BCUT2D eigenvalue weighted by molar-refractivity contribution is 5.89. The van der Waals surface area contributed by atoms with Crippen LogP contribution >= 0.6 is 0 Å². The summed E-state index contributed by atoms with van der Waals surface area (Å²) >= 11 is 0. The van der Waals surface area contributed by atoms with Crippen LogP contribution in [0.25, 0.3) is 0 Å². The first kappa shape index (κ1) is 10.7. The van der Waals surface area contributed by atoms with E-state index in [0.717, 1.165) is 6.42 Å². The zero-order valence-corrected chi connectivity index (χ0v) is 8.38. The summed E-state index contributed by atoms with van der Waals surface area (Å²) < 4.78 is 5.13. The maximum Gasteiger partial charge on any atom is 0.169 e. The Morgan fingerprint density at radius 2 is 2.15 bits per heavy atom. The third-order valence-corrected chi connectivity index (χ3v) is 2.93. The standard InChI is InChI=1S/C10H18O3/c1-3-10(12,4-2)9(11)8-5-6-13-7-8/h8,12H,3-7H2,1-2H3. The first-order valence-electron chi connectivity index (χ1n) is 4.98. The molecule has 1 saturated heterocycles. The zero-order valence-electron chi connectivity index (χ0n) is 8.38. The monoisotopic (exact) mass is 186 g/mol. The van der Waals surface area contributed by atoms with Gasteiger partial charge in [0.15, 0.2) is 5.78 Å². The lowest BCUT2D eigenvalue weighted by Gasteiger charge is -2.25. The van der Waals surface area contributed by atoms with E-state index < -0.39 is 5.60 Å². The van der Waals surface area contributed by atoms with Gasteiger partial charge in [-0.3, -0.25) is 4.79 Å². The molecule has 1 aliphatic heterocycles. The number of aliphatic hydroxyl groups is 1. The minimum atomic E-state index is -1.11. The lowest BCUT2D eigenvalue weighted by molar-refractivity contribution is -0.142. The summed E-state index contributed by atoms with van der Waals surface area (Å²) in [6, 6.07) is 0.